The van der Waals surface area contributed by atoms with E-state index in [4.69, 9.17) is 16.3 Å². The van der Waals surface area contributed by atoms with Crippen molar-refractivity contribution in [2.45, 2.75) is 13.0 Å². The quantitative estimate of drug-likeness (QED) is 0.758. The Balaban J connectivity index is 2.12. The number of benzene rings is 2. The first kappa shape index (κ1) is 11.0. The van der Waals surface area contributed by atoms with Gasteiger partial charge in [0.15, 0.2) is 0 Å². The van der Waals surface area contributed by atoms with Crippen molar-refractivity contribution in [2.75, 3.05) is 0 Å². The van der Waals surface area contributed by atoms with Gasteiger partial charge in [-0.3, -0.25) is 0 Å². The second-order valence-electron chi connectivity index (χ2n) is 3.63. The Hall–Kier alpha value is -1.47. The van der Waals surface area contributed by atoms with Crippen LogP contribution in [0, 0.1) is 0 Å². The highest BCUT2D eigenvalue weighted by molar-refractivity contribution is 6.30. The van der Waals surface area contributed by atoms with Crippen LogP contribution in [0.15, 0.2) is 54.6 Å². The van der Waals surface area contributed by atoms with Crippen molar-refractivity contribution in [3.8, 4) is 5.75 Å². The molecule has 0 aliphatic heterocycles. The van der Waals surface area contributed by atoms with Crippen LogP contribution in [0.2, 0.25) is 5.02 Å². The van der Waals surface area contributed by atoms with Crippen molar-refractivity contribution in [3.63, 3.8) is 0 Å². The highest BCUT2D eigenvalue weighted by Gasteiger charge is 2.06. The summed E-state index contributed by atoms with van der Waals surface area (Å²) in [4.78, 5) is 0. The van der Waals surface area contributed by atoms with E-state index in [0.29, 0.717) is 0 Å². The zero-order valence-corrected chi connectivity index (χ0v) is 9.82. The van der Waals surface area contributed by atoms with Crippen molar-refractivity contribution >= 4 is 11.6 Å². The first-order valence-corrected chi connectivity index (χ1v) is 5.60. The van der Waals surface area contributed by atoms with Crippen LogP contribution >= 0.6 is 11.6 Å². The van der Waals surface area contributed by atoms with Gasteiger partial charge in [-0.25, -0.2) is 0 Å². The van der Waals surface area contributed by atoms with E-state index in [1.54, 1.807) is 0 Å². The van der Waals surface area contributed by atoms with Crippen LogP contribution in [0.4, 0.5) is 0 Å². The highest BCUT2D eigenvalue weighted by Crippen LogP contribution is 2.23. The minimum Gasteiger partial charge on any atom is -0.486 e. The monoisotopic (exact) mass is 232 g/mol. The van der Waals surface area contributed by atoms with Crippen LogP contribution in [-0.4, -0.2) is 0 Å². The number of ether oxygens (including phenoxy) is 1. The molecular formula is C14H13ClO. The van der Waals surface area contributed by atoms with Crippen molar-refractivity contribution < 1.29 is 4.74 Å². The summed E-state index contributed by atoms with van der Waals surface area (Å²) in [5, 5.41) is 0.737. The molecule has 1 unspecified atom stereocenters. The van der Waals surface area contributed by atoms with Crippen LogP contribution in [0.25, 0.3) is 0 Å². The molecule has 2 rings (SSSR count). The van der Waals surface area contributed by atoms with Crippen LogP contribution < -0.4 is 4.74 Å². The van der Waals surface area contributed by atoms with E-state index >= 15 is 0 Å². The SMILES string of the molecule is CC(Oc1ccccc1)c1cccc(Cl)c1. The first-order valence-electron chi connectivity index (χ1n) is 5.23. The standard InChI is InChI=1S/C14H13ClO/c1-11(12-6-5-7-13(15)10-12)16-14-8-3-2-4-9-14/h2-11H,1H3. The maximum atomic E-state index is 5.94. The molecule has 0 spiro atoms. The van der Waals surface area contributed by atoms with E-state index in [1.807, 2.05) is 61.5 Å². The maximum absolute atomic E-state index is 5.94. The second-order valence-corrected chi connectivity index (χ2v) is 4.06. The molecule has 0 saturated heterocycles. The molecule has 0 aliphatic carbocycles. The van der Waals surface area contributed by atoms with E-state index in [1.165, 1.54) is 0 Å². The molecule has 1 atom stereocenters. The molecule has 82 valence electrons. The Morgan fingerprint density at radius 2 is 1.75 bits per heavy atom. The van der Waals surface area contributed by atoms with Gasteiger partial charge >= 0.3 is 0 Å². The summed E-state index contributed by atoms with van der Waals surface area (Å²) in [5.74, 6) is 0.870. The van der Waals surface area contributed by atoms with Crippen molar-refractivity contribution in [2.24, 2.45) is 0 Å². The fraction of sp³-hybridized carbons (Fsp3) is 0.143. The Morgan fingerprint density at radius 3 is 2.44 bits per heavy atom. The van der Waals surface area contributed by atoms with E-state index in [0.717, 1.165) is 16.3 Å². The number of para-hydroxylation sites is 1. The van der Waals surface area contributed by atoms with Crippen molar-refractivity contribution in [1.29, 1.82) is 0 Å². The number of hydrogen-bond acceptors (Lipinski definition) is 1. The molecule has 0 N–H and O–H groups in total. The van der Waals surface area contributed by atoms with E-state index in [2.05, 4.69) is 0 Å². The van der Waals surface area contributed by atoms with Gasteiger partial charge in [0.2, 0.25) is 0 Å². The molecule has 0 fully saturated rings. The summed E-state index contributed by atoms with van der Waals surface area (Å²) in [7, 11) is 0. The minimum absolute atomic E-state index is 0.00102. The van der Waals surface area contributed by atoms with Gasteiger partial charge in [0.05, 0.1) is 0 Å². The lowest BCUT2D eigenvalue weighted by atomic mass is 10.1. The largest absolute Gasteiger partial charge is 0.486 e. The van der Waals surface area contributed by atoms with Crippen LogP contribution in [0.5, 0.6) is 5.75 Å². The van der Waals surface area contributed by atoms with Crippen molar-refractivity contribution in [3.05, 3.63) is 65.2 Å². The highest BCUT2D eigenvalue weighted by atomic mass is 35.5. The molecule has 2 aromatic carbocycles. The first-order chi connectivity index (χ1) is 7.75. The molecule has 1 nitrogen and oxygen atoms in total. The van der Waals surface area contributed by atoms with Gasteiger partial charge in [-0.15, -0.1) is 0 Å². The van der Waals surface area contributed by atoms with E-state index in [-0.39, 0.29) is 6.10 Å². The molecule has 0 aliphatic rings. The predicted octanol–water partition coefficient (Wildman–Crippen LogP) is 4.48. The number of rotatable bonds is 3. The fourth-order valence-corrected chi connectivity index (χ4v) is 1.73. The molecule has 0 heterocycles. The minimum atomic E-state index is 0.00102. The number of hydrogen-bond donors (Lipinski definition) is 0. The third kappa shape index (κ3) is 2.77. The zero-order chi connectivity index (χ0) is 11.4. The molecule has 0 bridgehead atoms. The third-order valence-electron chi connectivity index (χ3n) is 2.37. The second kappa shape index (κ2) is 5.04. The lowest BCUT2D eigenvalue weighted by molar-refractivity contribution is 0.227. The van der Waals surface area contributed by atoms with Gasteiger partial charge in [-0.2, -0.15) is 0 Å². The average Bonchev–Trinajstić information content (AvgIpc) is 2.30. The molecule has 0 radical (unpaired) electrons. The summed E-state index contributed by atoms with van der Waals surface area (Å²) in [6, 6.07) is 17.5. The van der Waals surface area contributed by atoms with Crippen molar-refractivity contribution in [1.82, 2.24) is 0 Å². The third-order valence-corrected chi connectivity index (χ3v) is 2.61. The average molecular weight is 233 g/mol. The van der Waals surface area contributed by atoms with Gasteiger partial charge in [-0.1, -0.05) is 41.9 Å². The van der Waals surface area contributed by atoms with E-state index in [9.17, 15) is 0 Å². The van der Waals surface area contributed by atoms with Gasteiger partial charge < -0.3 is 4.74 Å². The van der Waals surface area contributed by atoms with Gasteiger partial charge in [0.1, 0.15) is 11.9 Å². The molecular weight excluding hydrogens is 220 g/mol. The van der Waals surface area contributed by atoms with Gasteiger partial charge in [0, 0.05) is 5.02 Å². The molecule has 0 amide bonds. The maximum Gasteiger partial charge on any atom is 0.121 e. The molecule has 0 saturated carbocycles. The summed E-state index contributed by atoms with van der Waals surface area (Å²) < 4.78 is 5.80. The number of halogens is 1. The Kier molecular flexibility index (Phi) is 3.47. The lowest BCUT2D eigenvalue weighted by Crippen LogP contribution is -2.02. The smallest absolute Gasteiger partial charge is 0.121 e. The van der Waals surface area contributed by atoms with Crippen LogP contribution in [0.1, 0.15) is 18.6 Å². The van der Waals surface area contributed by atoms with Crippen LogP contribution in [0.3, 0.4) is 0 Å². The summed E-state index contributed by atoms with van der Waals surface area (Å²) in [6.07, 6.45) is 0.00102. The predicted molar refractivity (Wildman–Crippen MR) is 66.9 cm³/mol. The summed E-state index contributed by atoms with van der Waals surface area (Å²) >= 11 is 5.94. The molecule has 16 heavy (non-hydrogen) atoms. The fourth-order valence-electron chi connectivity index (χ4n) is 1.53. The summed E-state index contributed by atoms with van der Waals surface area (Å²) in [5.41, 5.74) is 1.08. The molecule has 2 aromatic rings. The Morgan fingerprint density at radius 1 is 1.00 bits per heavy atom. The van der Waals surface area contributed by atoms with E-state index < -0.39 is 0 Å². The van der Waals surface area contributed by atoms with Gasteiger partial charge in [0.25, 0.3) is 0 Å². The lowest BCUT2D eigenvalue weighted by Gasteiger charge is -2.15. The zero-order valence-electron chi connectivity index (χ0n) is 9.06. The Bertz CT molecular complexity index is 453. The Labute approximate surface area is 101 Å². The van der Waals surface area contributed by atoms with Gasteiger partial charge in [-0.05, 0) is 36.8 Å². The van der Waals surface area contributed by atoms with Crippen LogP contribution in [-0.2, 0) is 0 Å². The molecule has 0 aromatic heterocycles. The topological polar surface area (TPSA) is 9.23 Å². The normalized spacial score (nSPS) is 12.1. The summed E-state index contributed by atoms with van der Waals surface area (Å²) in [6.45, 7) is 2.01. The molecule has 2 heteroatoms.